The van der Waals surface area contributed by atoms with Gasteiger partial charge in [-0.1, -0.05) is 30.2 Å². The monoisotopic (exact) mass is 465 g/mol. The van der Waals surface area contributed by atoms with Crippen LogP contribution in [-0.2, 0) is 16.4 Å². The van der Waals surface area contributed by atoms with E-state index in [9.17, 15) is 18.0 Å². The number of hydrogen-bond acceptors (Lipinski definition) is 2. The molecule has 3 nitrogen and oxygen atoms in total. The van der Waals surface area contributed by atoms with Crippen LogP contribution in [0.4, 0.5) is 13.2 Å². The predicted octanol–water partition coefficient (Wildman–Crippen LogP) is 6.49. The fraction of sp³-hybridized carbons (Fsp3) is 0.480. The molecule has 4 rings (SSSR count). The van der Waals surface area contributed by atoms with Crippen molar-refractivity contribution in [3.05, 3.63) is 64.7 Å². The number of ether oxygens (including phenoxy) is 1. The molecule has 0 bridgehead atoms. The van der Waals surface area contributed by atoms with Gasteiger partial charge in [-0.2, -0.15) is 13.2 Å². The van der Waals surface area contributed by atoms with Gasteiger partial charge in [-0.3, -0.25) is 4.79 Å². The van der Waals surface area contributed by atoms with E-state index in [1.807, 2.05) is 36.1 Å². The summed E-state index contributed by atoms with van der Waals surface area (Å²) in [6.45, 7) is 3.24. The number of carbonyl (C=O) groups excluding carboxylic acids is 1. The summed E-state index contributed by atoms with van der Waals surface area (Å²) in [7, 11) is 0. The topological polar surface area (TPSA) is 29.5 Å². The highest BCUT2D eigenvalue weighted by Crippen LogP contribution is 2.46. The third-order valence-corrected chi connectivity index (χ3v) is 7.18. The Hall–Kier alpha value is -2.21. The van der Waals surface area contributed by atoms with Crippen molar-refractivity contribution in [1.29, 1.82) is 0 Å². The number of benzene rings is 2. The van der Waals surface area contributed by atoms with Crippen LogP contribution >= 0.6 is 11.6 Å². The number of halogens is 4. The Balaban J connectivity index is 1.42. The van der Waals surface area contributed by atoms with Crippen LogP contribution in [0, 0.1) is 5.92 Å². The average molecular weight is 466 g/mol. The van der Waals surface area contributed by atoms with E-state index >= 15 is 0 Å². The lowest BCUT2D eigenvalue weighted by molar-refractivity contribution is -0.143. The SMILES string of the molecule is C[C@H](Oc1ccc(C(F)(F)F)cc1)[C@@H]1CCCN(C(=O)C2(c3ccc(Cl)cc3)CCC2)C1. The maximum Gasteiger partial charge on any atom is 0.416 e. The normalized spacial score (nSPS) is 21.5. The van der Waals surface area contributed by atoms with Crippen LogP contribution in [0.1, 0.15) is 50.2 Å². The first-order valence-corrected chi connectivity index (χ1v) is 11.5. The molecule has 2 atom stereocenters. The predicted molar refractivity (Wildman–Crippen MR) is 118 cm³/mol. The third kappa shape index (κ3) is 4.61. The van der Waals surface area contributed by atoms with Crippen LogP contribution in [-0.4, -0.2) is 30.0 Å². The molecule has 2 fully saturated rings. The summed E-state index contributed by atoms with van der Waals surface area (Å²) in [5, 5.41) is 0.656. The molecule has 1 aliphatic heterocycles. The van der Waals surface area contributed by atoms with Gasteiger partial charge in [-0.05, 0) is 74.6 Å². The van der Waals surface area contributed by atoms with E-state index in [4.69, 9.17) is 16.3 Å². The molecule has 2 aliphatic rings. The van der Waals surface area contributed by atoms with E-state index in [-0.39, 0.29) is 17.9 Å². The molecule has 7 heteroatoms. The highest BCUT2D eigenvalue weighted by molar-refractivity contribution is 6.30. The minimum atomic E-state index is -4.37. The lowest BCUT2D eigenvalue weighted by Crippen LogP contribution is -2.54. The van der Waals surface area contributed by atoms with Crippen molar-refractivity contribution < 1.29 is 22.7 Å². The molecule has 1 heterocycles. The summed E-state index contributed by atoms with van der Waals surface area (Å²) in [4.78, 5) is 15.5. The van der Waals surface area contributed by atoms with E-state index in [2.05, 4.69) is 0 Å². The van der Waals surface area contributed by atoms with Crippen LogP contribution in [0.2, 0.25) is 5.02 Å². The van der Waals surface area contributed by atoms with Gasteiger partial charge in [0.1, 0.15) is 11.9 Å². The largest absolute Gasteiger partial charge is 0.490 e. The Morgan fingerprint density at radius 3 is 2.31 bits per heavy atom. The number of carbonyl (C=O) groups is 1. The highest BCUT2D eigenvalue weighted by Gasteiger charge is 2.48. The van der Waals surface area contributed by atoms with Crippen molar-refractivity contribution >= 4 is 17.5 Å². The molecule has 0 aromatic heterocycles. The first kappa shape index (κ1) is 23.0. The van der Waals surface area contributed by atoms with E-state index < -0.39 is 17.2 Å². The number of likely N-dealkylation sites (tertiary alicyclic amines) is 1. The maximum atomic E-state index is 13.6. The number of hydrogen-bond donors (Lipinski definition) is 0. The molecule has 1 saturated carbocycles. The van der Waals surface area contributed by atoms with E-state index in [0.29, 0.717) is 17.3 Å². The van der Waals surface area contributed by atoms with Crippen molar-refractivity contribution in [3.63, 3.8) is 0 Å². The van der Waals surface area contributed by atoms with Gasteiger partial charge in [0, 0.05) is 24.0 Å². The second-order valence-electron chi connectivity index (χ2n) is 8.94. The number of alkyl halides is 3. The molecular weight excluding hydrogens is 439 g/mol. The van der Waals surface area contributed by atoms with Gasteiger partial charge in [0.15, 0.2) is 0 Å². The number of piperidine rings is 1. The highest BCUT2D eigenvalue weighted by atomic mass is 35.5. The summed E-state index contributed by atoms with van der Waals surface area (Å²) < 4.78 is 44.3. The zero-order valence-corrected chi connectivity index (χ0v) is 18.8. The van der Waals surface area contributed by atoms with Crippen LogP contribution in [0.15, 0.2) is 48.5 Å². The maximum absolute atomic E-state index is 13.6. The number of rotatable bonds is 5. The van der Waals surface area contributed by atoms with E-state index in [1.165, 1.54) is 12.1 Å². The summed E-state index contributed by atoms with van der Waals surface area (Å²) in [5.74, 6) is 0.695. The molecule has 1 saturated heterocycles. The van der Waals surface area contributed by atoms with Crippen molar-refractivity contribution in [1.82, 2.24) is 4.90 Å². The molecule has 2 aromatic rings. The minimum Gasteiger partial charge on any atom is -0.490 e. The second kappa shape index (κ2) is 8.97. The van der Waals surface area contributed by atoms with Gasteiger partial charge in [-0.25, -0.2) is 0 Å². The molecule has 0 unspecified atom stereocenters. The van der Waals surface area contributed by atoms with Crippen molar-refractivity contribution in [3.8, 4) is 5.75 Å². The van der Waals surface area contributed by atoms with Crippen molar-refractivity contribution in [2.75, 3.05) is 13.1 Å². The first-order chi connectivity index (χ1) is 15.2. The van der Waals surface area contributed by atoms with Crippen molar-refractivity contribution in [2.24, 2.45) is 5.92 Å². The Morgan fingerprint density at radius 2 is 1.75 bits per heavy atom. The van der Waals surface area contributed by atoms with Gasteiger partial charge in [0.25, 0.3) is 0 Å². The van der Waals surface area contributed by atoms with Gasteiger partial charge >= 0.3 is 6.18 Å². The molecule has 32 heavy (non-hydrogen) atoms. The summed E-state index contributed by atoms with van der Waals surface area (Å²) >= 11 is 6.04. The Bertz CT molecular complexity index is 939. The van der Waals surface area contributed by atoms with E-state index in [1.54, 1.807) is 0 Å². The van der Waals surface area contributed by atoms with Crippen LogP contribution in [0.3, 0.4) is 0 Å². The summed E-state index contributed by atoms with van der Waals surface area (Å²) in [6, 6.07) is 12.4. The number of nitrogens with zero attached hydrogens (tertiary/aromatic N) is 1. The zero-order chi connectivity index (χ0) is 22.9. The van der Waals surface area contributed by atoms with Crippen LogP contribution in [0.5, 0.6) is 5.75 Å². The quantitative estimate of drug-likeness (QED) is 0.505. The molecule has 1 amide bonds. The molecule has 1 aliphatic carbocycles. The lowest BCUT2D eigenvalue weighted by Gasteiger charge is -2.46. The van der Waals surface area contributed by atoms with Crippen molar-refractivity contribution in [2.45, 2.75) is 56.7 Å². The first-order valence-electron chi connectivity index (χ1n) is 11.1. The van der Waals surface area contributed by atoms with Gasteiger partial charge < -0.3 is 9.64 Å². The van der Waals surface area contributed by atoms with Gasteiger partial charge in [-0.15, -0.1) is 0 Å². The fourth-order valence-electron chi connectivity index (χ4n) is 4.84. The molecule has 0 spiro atoms. The second-order valence-corrected chi connectivity index (χ2v) is 9.38. The van der Waals surface area contributed by atoms with Crippen LogP contribution in [0.25, 0.3) is 0 Å². The molecule has 2 aromatic carbocycles. The third-order valence-electron chi connectivity index (χ3n) is 6.93. The molecular formula is C25H27ClF3NO2. The molecule has 0 radical (unpaired) electrons. The smallest absolute Gasteiger partial charge is 0.416 e. The Labute approximate surface area is 191 Å². The molecule has 0 N–H and O–H groups in total. The Morgan fingerprint density at radius 1 is 1.09 bits per heavy atom. The molecule has 172 valence electrons. The zero-order valence-electron chi connectivity index (χ0n) is 18.0. The minimum absolute atomic E-state index is 0.123. The lowest BCUT2D eigenvalue weighted by atomic mass is 9.63. The standard InChI is InChI=1S/C25H27ClF3NO2/c1-17(32-22-11-7-20(8-12-22)25(27,28)29)18-4-2-15-30(16-18)23(31)24(13-3-14-24)19-5-9-21(26)10-6-19/h5-12,17-18H,2-4,13-16H2,1H3/t17-,18+/m0/s1. The van der Waals surface area contributed by atoms with E-state index in [0.717, 1.165) is 56.3 Å². The average Bonchev–Trinajstić information content (AvgIpc) is 2.74. The Kier molecular flexibility index (Phi) is 6.44. The summed E-state index contributed by atoms with van der Waals surface area (Å²) in [5.41, 5.74) is -0.140. The number of amides is 1. The van der Waals surface area contributed by atoms with Gasteiger partial charge in [0.05, 0.1) is 11.0 Å². The van der Waals surface area contributed by atoms with Crippen LogP contribution < -0.4 is 4.74 Å². The summed E-state index contributed by atoms with van der Waals surface area (Å²) in [6.07, 6.45) is -0.0730. The van der Waals surface area contributed by atoms with Gasteiger partial charge in [0.2, 0.25) is 5.91 Å². The fourth-order valence-corrected chi connectivity index (χ4v) is 4.96.